The van der Waals surface area contributed by atoms with Gasteiger partial charge >= 0.3 is 0 Å². The monoisotopic (exact) mass is 349 g/mol. The van der Waals surface area contributed by atoms with Gasteiger partial charge in [-0.05, 0) is 57.1 Å². The number of aromatic nitrogens is 1. The number of halogens is 1. The second-order valence-electron chi connectivity index (χ2n) is 6.47. The van der Waals surface area contributed by atoms with E-state index in [4.69, 9.17) is 16.0 Å². The zero-order chi connectivity index (χ0) is 17.1. The van der Waals surface area contributed by atoms with Crippen molar-refractivity contribution in [3.63, 3.8) is 0 Å². The van der Waals surface area contributed by atoms with Gasteiger partial charge in [-0.15, -0.1) is 0 Å². The van der Waals surface area contributed by atoms with Crippen LogP contribution in [0, 0.1) is 13.8 Å². The molecule has 0 aliphatic carbocycles. The summed E-state index contributed by atoms with van der Waals surface area (Å²) in [5.41, 5.74) is 2.02. The van der Waals surface area contributed by atoms with E-state index in [9.17, 15) is 5.11 Å². The number of phenolic OH excluding ortho intramolecular Hbond substituents is 1. The van der Waals surface area contributed by atoms with Crippen LogP contribution in [0.3, 0.4) is 0 Å². The molecule has 0 saturated carbocycles. The van der Waals surface area contributed by atoms with Gasteiger partial charge in [-0.2, -0.15) is 0 Å². The van der Waals surface area contributed by atoms with Crippen molar-refractivity contribution < 1.29 is 9.52 Å². The number of phenols is 1. The molecule has 1 fully saturated rings. The van der Waals surface area contributed by atoms with Gasteiger partial charge in [-0.3, -0.25) is 9.80 Å². The minimum atomic E-state index is 0.226. The molecule has 3 rings (SSSR count). The van der Waals surface area contributed by atoms with Gasteiger partial charge in [0.2, 0.25) is 5.89 Å². The van der Waals surface area contributed by atoms with E-state index in [1.54, 1.807) is 12.1 Å². The van der Waals surface area contributed by atoms with Crippen LogP contribution in [0.4, 0.5) is 0 Å². The van der Waals surface area contributed by atoms with E-state index in [-0.39, 0.29) is 5.75 Å². The molecule has 1 aromatic carbocycles. The highest BCUT2D eigenvalue weighted by molar-refractivity contribution is 6.30. The maximum absolute atomic E-state index is 9.68. The Bertz CT molecular complexity index is 662. The summed E-state index contributed by atoms with van der Waals surface area (Å²) in [5.74, 6) is 1.93. The summed E-state index contributed by atoms with van der Waals surface area (Å²) >= 11 is 6.02. The van der Waals surface area contributed by atoms with Gasteiger partial charge in [0.15, 0.2) is 0 Å². The lowest BCUT2D eigenvalue weighted by Crippen LogP contribution is -2.30. The van der Waals surface area contributed by atoms with Crippen molar-refractivity contribution in [3.05, 3.63) is 46.1 Å². The SMILES string of the molecule is Cc1nc(CN2CCCN(Cc3cc(O)cc(Cl)c3)CC2)oc1C. The van der Waals surface area contributed by atoms with Gasteiger partial charge in [0, 0.05) is 24.7 Å². The topological polar surface area (TPSA) is 52.7 Å². The van der Waals surface area contributed by atoms with Gasteiger partial charge in [-0.25, -0.2) is 4.98 Å². The van der Waals surface area contributed by atoms with Gasteiger partial charge < -0.3 is 9.52 Å². The molecule has 0 unspecified atom stereocenters. The van der Waals surface area contributed by atoms with Gasteiger partial charge in [0.1, 0.15) is 11.5 Å². The Balaban J connectivity index is 1.56. The molecule has 0 atom stereocenters. The molecule has 24 heavy (non-hydrogen) atoms. The first kappa shape index (κ1) is 17.3. The van der Waals surface area contributed by atoms with E-state index >= 15 is 0 Å². The fourth-order valence-corrected chi connectivity index (χ4v) is 3.37. The second-order valence-corrected chi connectivity index (χ2v) is 6.91. The van der Waals surface area contributed by atoms with E-state index in [1.165, 1.54) is 0 Å². The van der Waals surface area contributed by atoms with Crippen molar-refractivity contribution in [2.24, 2.45) is 0 Å². The fourth-order valence-electron chi connectivity index (χ4n) is 3.12. The molecule has 5 nitrogen and oxygen atoms in total. The highest BCUT2D eigenvalue weighted by Gasteiger charge is 2.17. The molecule has 1 aliphatic rings. The summed E-state index contributed by atoms with van der Waals surface area (Å²) < 4.78 is 5.70. The molecule has 0 amide bonds. The first-order valence-electron chi connectivity index (χ1n) is 8.35. The number of oxazole rings is 1. The fraction of sp³-hybridized carbons (Fsp3) is 0.500. The molecule has 1 aliphatic heterocycles. The minimum absolute atomic E-state index is 0.226. The molecule has 1 N–H and O–H groups in total. The van der Waals surface area contributed by atoms with E-state index in [2.05, 4.69) is 14.8 Å². The number of benzene rings is 1. The van der Waals surface area contributed by atoms with Crippen LogP contribution in [-0.4, -0.2) is 46.1 Å². The Hall–Kier alpha value is -1.56. The molecule has 130 valence electrons. The van der Waals surface area contributed by atoms with Crippen molar-refractivity contribution in [1.29, 1.82) is 0 Å². The predicted octanol–water partition coefficient (Wildman–Crippen LogP) is 3.36. The van der Waals surface area contributed by atoms with Crippen molar-refractivity contribution in [1.82, 2.24) is 14.8 Å². The number of aryl methyl sites for hydroxylation is 2. The third-order valence-corrected chi connectivity index (χ3v) is 4.68. The van der Waals surface area contributed by atoms with E-state index in [0.29, 0.717) is 5.02 Å². The molecule has 2 heterocycles. The Morgan fingerprint density at radius 3 is 2.42 bits per heavy atom. The maximum Gasteiger partial charge on any atom is 0.208 e. The summed E-state index contributed by atoms with van der Waals surface area (Å²) in [4.78, 5) is 9.27. The number of hydrogen-bond acceptors (Lipinski definition) is 5. The molecule has 0 spiro atoms. The van der Waals surface area contributed by atoms with Gasteiger partial charge in [0.25, 0.3) is 0 Å². The summed E-state index contributed by atoms with van der Waals surface area (Å²) in [5, 5.41) is 10.3. The predicted molar refractivity (Wildman–Crippen MR) is 94.3 cm³/mol. The number of hydrogen-bond donors (Lipinski definition) is 1. The van der Waals surface area contributed by atoms with Crippen LogP contribution in [0.15, 0.2) is 22.6 Å². The molecule has 1 aromatic heterocycles. The van der Waals surface area contributed by atoms with Crippen molar-refractivity contribution in [2.45, 2.75) is 33.4 Å². The van der Waals surface area contributed by atoms with Crippen LogP contribution >= 0.6 is 11.6 Å². The lowest BCUT2D eigenvalue weighted by molar-refractivity contribution is 0.230. The number of rotatable bonds is 4. The number of aromatic hydroxyl groups is 1. The Labute approximate surface area is 147 Å². The third-order valence-electron chi connectivity index (χ3n) is 4.46. The van der Waals surface area contributed by atoms with Crippen LogP contribution in [-0.2, 0) is 13.1 Å². The summed E-state index contributed by atoms with van der Waals surface area (Å²) in [6.07, 6.45) is 1.10. The Morgan fingerprint density at radius 2 is 1.79 bits per heavy atom. The van der Waals surface area contributed by atoms with Crippen molar-refractivity contribution >= 4 is 11.6 Å². The lowest BCUT2D eigenvalue weighted by atomic mass is 10.2. The molecular weight excluding hydrogens is 326 g/mol. The summed E-state index contributed by atoms with van der Waals surface area (Å²) in [7, 11) is 0. The van der Waals surface area contributed by atoms with Crippen LogP contribution in [0.1, 0.15) is 29.3 Å². The first-order valence-corrected chi connectivity index (χ1v) is 8.73. The largest absolute Gasteiger partial charge is 0.508 e. The highest BCUT2D eigenvalue weighted by atomic mass is 35.5. The van der Waals surface area contributed by atoms with Crippen LogP contribution in [0.5, 0.6) is 5.75 Å². The van der Waals surface area contributed by atoms with Crippen LogP contribution in [0.2, 0.25) is 5.02 Å². The molecular formula is C18H24ClN3O2. The summed E-state index contributed by atoms with van der Waals surface area (Å²) in [6.45, 7) is 9.53. The lowest BCUT2D eigenvalue weighted by Gasteiger charge is -2.21. The molecule has 0 bridgehead atoms. The van der Waals surface area contributed by atoms with E-state index in [1.807, 2.05) is 19.9 Å². The molecule has 1 saturated heterocycles. The zero-order valence-electron chi connectivity index (χ0n) is 14.3. The summed E-state index contributed by atoms with van der Waals surface area (Å²) in [6, 6.07) is 5.27. The minimum Gasteiger partial charge on any atom is -0.508 e. The molecule has 0 radical (unpaired) electrons. The Morgan fingerprint density at radius 1 is 1.08 bits per heavy atom. The van der Waals surface area contributed by atoms with Crippen molar-refractivity contribution in [3.8, 4) is 5.75 Å². The third kappa shape index (κ3) is 4.50. The standard InChI is InChI=1S/C18H24ClN3O2/c1-13-14(2)24-18(20-13)12-22-5-3-4-21(6-7-22)11-15-8-16(19)10-17(23)9-15/h8-10,23H,3-7,11-12H2,1-2H3. The van der Waals surface area contributed by atoms with E-state index in [0.717, 1.165) is 68.6 Å². The zero-order valence-corrected chi connectivity index (χ0v) is 15.0. The first-order chi connectivity index (χ1) is 11.5. The number of nitrogens with zero attached hydrogens (tertiary/aromatic N) is 3. The van der Waals surface area contributed by atoms with Crippen LogP contribution in [0.25, 0.3) is 0 Å². The van der Waals surface area contributed by atoms with E-state index < -0.39 is 0 Å². The Kier molecular flexibility index (Phi) is 5.43. The average Bonchev–Trinajstić information content (AvgIpc) is 2.69. The second kappa shape index (κ2) is 7.55. The normalized spacial score (nSPS) is 17.1. The van der Waals surface area contributed by atoms with Crippen LogP contribution < -0.4 is 0 Å². The molecule has 6 heteroatoms. The van der Waals surface area contributed by atoms with Gasteiger partial charge in [-0.1, -0.05) is 11.6 Å². The average molecular weight is 350 g/mol. The quantitative estimate of drug-likeness (QED) is 0.917. The maximum atomic E-state index is 9.68. The van der Waals surface area contributed by atoms with Crippen molar-refractivity contribution in [2.75, 3.05) is 26.2 Å². The highest BCUT2D eigenvalue weighted by Crippen LogP contribution is 2.21. The molecule has 2 aromatic rings. The smallest absolute Gasteiger partial charge is 0.208 e. The van der Waals surface area contributed by atoms with Gasteiger partial charge in [0.05, 0.1) is 12.2 Å².